The van der Waals surface area contributed by atoms with Crippen molar-refractivity contribution < 1.29 is 9.53 Å². The normalized spacial score (nSPS) is 14.4. The predicted molar refractivity (Wildman–Crippen MR) is 139 cm³/mol. The van der Waals surface area contributed by atoms with E-state index >= 15 is 0 Å². The van der Waals surface area contributed by atoms with E-state index < -0.39 is 0 Å². The molecular formula is C27H32N6O2. The molecule has 182 valence electrons. The van der Waals surface area contributed by atoms with E-state index in [-0.39, 0.29) is 11.9 Å². The maximum atomic E-state index is 12.4. The van der Waals surface area contributed by atoms with Crippen LogP contribution in [0, 0.1) is 0 Å². The van der Waals surface area contributed by atoms with E-state index in [2.05, 4.69) is 15.3 Å². The molecule has 1 amide bonds. The van der Waals surface area contributed by atoms with Crippen LogP contribution < -0.4 is 15.8 Å². The van der Waals surface area contributed by atoms with Gasteiger partial charge in [-0.05, 0) is 56.8 Å². The summed E-state index contributed by atoms with van der Waals surface area (Å²) in [6, 6.07) is 17.6. The summed E-state index contributed by atoms with van der Waals surface area (Å²) in [6.45, 7) is 2.15. The second kappa shape index (κ2) is 11.5. The van der Waals surface area contributed by atoms with E-state index in [1.54, 1.807) is 6.08 Å². The van der Waals surface area contributed by atoms with Crippen LogP contribution >= 0.6 is 0 Å². The Hall–Kier alpha value is -3.91. The van der Waals surface area contributed by atoms with E-state index in [1.165, 1.54) is 6.33 Å². The number of anilines is 2. The molecule has 3 aromatic rings. The Balaban J connectivity index is 1.40. The lowest BCUT2D eigenvalue weighted by atomic mass is 10.0. The van der Waals surface area contributed by atoms with Gasteiger partial charge in [-0.15, -0.1) is 0 Å². The largest absolute Gasteiger partial charge is 0.457 e. The van der Waals surface area contributed by atoms with Gasteiger partial charge in [-0.2, -0.15) is 0 Å². The summed E-state index contributed by atoms with van der Waals surface area (Å²) in [4.78, 5) is 25.0. The molecule has 0 unspecified atom stereocenters. The van der Waals surface area contributed by atoms with E-state index in [0.29, 0.717) is 24.7 Å². The molecular weight excluding hydrogens is 440 g/mol. The molecule has 0 radical (unpaired) electrons. The van der Waals surface area contributed by atoms with Crippen LogP contribution in [0.3, 0.4) is 0 Å². The first kappa shape index (κ1) is 24.2. The lowest BCUT2D eigenvalue weighted by Crippen LogP contribution is -2.42. The molecule has 8 nitrogen and oxygen atoms in total. The van der Waals surface area contributed by atoms with Crippen LogP contribution in [0.15, 0.2) is 73.1 Å². The summed E-state index contributed by atoms with van der Waals surface area (Å²) in [7, 11) is 3.96. The van der Waals surface area contributed by atoms with Gasteiger partial charge in [-0.3, -0.25) is 4.79 Å². The quantitative estimate of drug-likeness (QED) is 0.478. The summed E-state index contributed by atoms with van der Waals surface area (Å²) >= 11 is 0. The molecule has 1 saturated heterocycles. The van der Waals surface area contributed by atoms with Crippen LogP contribution in [0.2, 0.25) is 0 Å². The van der Waals surface area contributed by atoms with Crippen molar-refractivity contribution in [2.24, 2.45) is 0 Å². The van der Waals surface area contributed by atoms with Crippen LogP contribution in [0.4, 0.5) is 11.6 Å². The molecule has 2 aromatic carbocycles. The SMILES string of the molecule is CN(C)C/C=C/C(=O)N1CCC(Nc2ncnc(N)c2-c2ccc(Oc3ccccc3)cc2)CC1. The fraction of sp³-hybridized carbons (Fsp3) is 0.296. The first-order valence-electron chi connectivity index (χ1n) is 11.8. The number of nitrogens with zero attached hydrogens (tertiary/aromatic N) is 4. The van der Waals surface area contributed by atoms with Gasteiger partial charge in [0.25, 0.3) is 0 Å². The molecule has 4 rings (SSSR count). The molecule has 0 atom stereocenters. The number of carbonyl (C=O) groups excluding carboxylic acids is 1. The van der Waals surface area contributed by atoms with Crippen molar-refractivity contribution in [1.82, 2.24) is 19.8 Å². The molecule has 0 saturated carbocycles. The Morgan fingerprint density at radius 1 is 1.09 bits per heavy atom. The zero-order valence-corrected chi connectivity index (χ0v) is 20.2. The number of hydrogen-bond acceptors (Lipinski definition) is 7. The second-order valence-electron chi connectivity index (χ2n) is 8.83. The molecule has 1 aromatic heterocycles. The monoisotopic (exact) mass is 472 g/mol. The van der Waals surface area contributed by atoms with Gasteiger partial charge in [-0.25, -0.2) is 9.97 Å². The minimum atomic E-state index is 0.0649. The maximum absolute atomic E-state index is 12.4. The van der Waals surface area contributed by atoms with Crippen molar-refractivity contribution in [1.29, 1.82) is 0 Å². The summed E-state index contributed by atoms with van der Waals surface area (Å²) in [5.74, 6) is 2.70. The van der Waals surface area contributed by atoms with Crippen LogP contribution in [0.25, 0.3) is 11.1 Å². The van der Waals surface area contributed by atoms with Gasteiger partial charge in [-0.1, -0.05) is 36.4 Å². The molecule has 2 heterocycles. The third-order valence-electron chi connectivity index (χ3n) is 5.88. The molecule has 3 N–H and O–H groups in total. The molecule has 0 aliphatic carbocycles. The van der Waals surface area contributed by atoms with Gasteiger partial charge in [0, 0.05) is 31.8 Å². The number of likely N-dealkylation sites (tertiary alicyclic amines) is 1. The van der Waals surface area contributed by atoms with E-state index in [9.17, 15) is 4.79 Å². The third-order valence-corrected chi connectivity index (χ3v) is 5.88. The summed E-state index contributed by atoms with van der Waals surface area (Å²) in [6.07, 6.45) is 6.71. The average Bonchev–Trinajstić information content (AvgIpc) is 2.86. The number of nitrogens with one attached hydrogen (secondary N) is 1. The summed E-state index contributed by atoms with van der Waals surface area (Å²) < 4.78 is 5.90. The Labute approximate surface area is 206 Å². The number of hydrogen-bond donors (Lipinski definition) is 2. The van der Waals surface area contributed by atoms with Crippen LogP contribution in [-0.2, 0) is 4.79 Å². The van der Waals surface area contributed by atoms with Gasteiger partial charge >= 0.3 is 0 Å². The zero-order chi connectivity index (χ0) is 24.6. The first-order chi connectivity index (χ1) is 17.0. The van der Waals surface area contributed by atoms with Crippen molar-refractivity contribution in [3.05, 3.63) is 73.1 Å². The number of amides is 1. The second-order valence-corrected chi connectivity index (χ2v) is 8.83. The van der Waals surface area contributed by atoms with Crippen molar-refractivity contribution >= 4 is 17.5 Å². The third kappa shape index (κ3) is 6.58. The van der Waals surface area contributed by atoms with Gasteiger partial charge in [0.15, 0.2) is 0 Å². The van der Waals surface area contributed by atoms with E-state index in [4.69, 9.17) is 10.5 Å². The van der Waals surface area contributed by atoms with Gasteiger partial charge in [0.05, 0.1) is 5.56 Å². The highest BCUT2D eigenvalue weighted by Crippen LogP contribution is 2.33. The number of rotatable bonds is 8. The Morgan fingerprint density at radius 2 is 1.77 bits per heavy atom. The molecule has 1 fully saturated rings. The highest BCUT2D eigenvalue weighted by atomic mass is 16.5. The van der Waals surface area contributed by atoms with Crippen LogP contribution in [0.1, 0.15) is 12.8 Å². The molecule has 8 heteroatoms. The van der Waals surface area contributed by atoms with Crippen LogP contribution in [-0.4, -0.2) is 65.4 Å². The Morgan fingerprint density at radius 3 is 2.46 bits per heavy atom. The number of ether oxygens (including phenoxy) is 1. The number of piperidine rings is 1. The Kier molecular flexibility index (Phi) is 7.95. The van der Waals surface area contributed by atoms with E-state index in [0.717, 1.165) is 42.0 Å². The molecule has 35 heavy (non-hydrogen) atoms. The average molecular weight is 473 g/mol. The summed E-state index contributed by atoms with van der Waals surface area (Å²) in [5.41, 5.74) is 7.94. The standard InChI is InChI=1S/C27H32N6O2/c1-32(2)16-6-9-24(34)33-17-14-21(15-18-33)31-27-25(26(28)29-19-30-27)20-10-12-23(13-11-20)35-22-7-4-3-5-8-22/h3-13,19,21H,14-18H2,1-2H3,(H3,28,29,30,31)/b9-6+. The van der Waals surface area contributed by atoms with Crippen molar-refractivity contribution in [3.8, 4) is 22.6 Å². The van der Waals surface area contributed by atoms with Crippen LogP contribution in [0.5, 0.6) is 11.5 Å². The molecule has 1 aliphatic heterocycles. The number of nitrogen functional groups attached to an aromatic ring is 1. The number of carbonyl (C=O) groups is 1. The Bertz CT molecular complexity index is 1140. The predicted octanol–water partition coefficient (Wildman–Crippen LogP) is 4.04. The lowest BCUT2D eigenvalue weighted by Gasteiger charge is -2.32. The maximum Gasteiger partial charge on any atom is 0.246 e. The minimum absolute atomic E-state index is 0.0649. The van der Waals surface area contributed by atoms with Gasteiger partial charge in [0.1, 0.15) is 29.5 Å². The summed E-state index contributed by atoms with van der Waals surface area (Å²) in [5, 5.41) is 3.54. The van der Waals surface area contributed by atoms with Gasteiger partial charge < -0.3 is 25.6 Å². The number of likely N-dealkylation sites (N-methyl/N-ethyl adjacent to an activating group) is 1. The highest BCUT2D eigenvalue weighted by molar-refractivity contribution is 5.87. The van der Waals surface area contributed by atoms with Crippen molar-refractivity contribution in [2.75, 3.05) is 44.8 Å². The number of benzene rings is 2. The fourth-order valence-electron chi connectivity index (χ4n) is 4.01. The van der Waals surface area contributed by atoms with Crippen molar-refractivity contribution in [3.63, 3.8) is 0 Å². The number of aromatic nitrogens is 2. The number of nitrogens with two attached hydrogens (primary N) is 1. The first-order valence-corrected chi connectivity index (χ1v) is 11.8. The highest BCUT2D eigenvalue weighted by Gasteiger charge is 2.23. The molecule has 0 bridgehead atoms. The molecule has 1 aliphatic rings. The topological polar surface area (TPSA) is 96.6 Å². The lowest BCUT2D eigenvalue weighted by molar-refractivity contribution is -0.126. The molecule has 0 spiro atoms. The number of para-hydroxylation sites is 1. The van der Waals surface area contributed by atoms with Gasteiger partial charge in [0.2, 0.25) is 5.91 Å². The minimum Gasteiger partial charge on any atom is -0.457 e. The fourth-order valence-corrected chi connectivity index (χ4v) is 4.01. The smallest absolute Gasteiger partial charge is 0.246 e. The zero-order valence-electron chi connectivity index (χ0n) is 20.2. The van der Waals surface area contributed by atoms with Crippen molar-refractivity contribution in [2.45, 2.75) is 18.9 Å². The van der Waals surface area contributed by atoms with E-state index in [1.807, 2.05) is 84.6 Å².